The summed E-state index contributed by atoms with van der Waals surface area (Å²) in [5.74, 6) is -0.792. The highest BCUT2D eigenvalue weighted by molar-refractivity contribution is 7.98. The fourth-order valence-electron chi connectivity index (χ4n) is 1.99. The van der Waals surface area contributed by atoms with Crippen molar-refractivity contribution in [3.63, 3.8) is 0 Å². The number of methoxy groups -OCH3 is 1. The van der Waals surface area contributed by atoms with Gasteiger partial charge in [-0.05, 0) is 24.5 Å². The first-order valence-corrected chi connectivity index (χ1v) is 7.13. The number of para-hydroxylation sites is 1. The van der Waals surface area contributed by atoms with Gasteiger partial charge in [0.1, 0.15) is 5.69 Å². The number of aromatic nitrogens is 1. The third kappa shape index (κ3) is 2.92. The molecule has 0 N–H and O–H groups in total. The van der Waals surface area contributed by atoms with E-state index in [1.54, 1.807) is 36.6 Å². The molecule has 1 aromatic carbocycles. The zero-order valence-corrected chi connectivity index (χ0v) is 12.1. The summed E-state index contributed by atoms with van der Waals surface area (Å²) in [4.78, 5) is 11.7. The topological polar surface area (TPSA) is 31.2 Å². The lowest BCUT2D eigenvalue weighted by molar-refractivity contribution is -0.142. The van der Waals surface area contributed by atoms with Gasteiger partial charge in [0.05, 0.1) is 17.7 Å². The molecule has 0 amide bonds. The Kier molecular flexibility index (Phi) is 4.32. The second-order valence-electron chi connectivity index (χ2n) is 4.11. The van der Waals surface area contributed by atoms with Gasteiger partial charge in [-0.3, -0.25) is 4.57 Å². The van der Waals surface area contributed by atoms with Gasteiger partial charge in [-0.25, -0.2) is 4.79 Å². The summed E-state index contributed by atoms with van der Waals surface area (Å²) in [5.41, 5.74) is -0.663. The van der Waals surface area contributed by atoms with E-state index in [2.05, 4.69) is 4.74 Å². The molecule has 0 atom stereocenters. The summed E-state index contributed by atoms with van der Waals surface area (Å²) in [6, 6.07) is 8.91. The first-order valence-electron chi connectivity index (χ1n) is 5.90. The molecule has 2 aromatic rings. The number of thioether (sulfide) groups is 1. The van der Waals surface area contributed by atoms with E-state index in [-0.39, 0.29) is 10.6 Å². The van der Waals surface area contributed by atoms with Crippen LogP contribution in [0, 0.1) is 0 Å². The number of nitrogens with zero attached hydrogens (tertiary/aromatic N) is 1. The Hall–Kier alpha value is -1.89. The number of carbonyl (C=O) groups is 1. The van der Waals surface area contributed by atoms with Crippen molar-refractivity contribution in [1.82, 2.24) is 4.57 Å². The molecule has 2 rings (SSSR count). The Labute approximate surface area is 123 Å². The predicted molar refractivity (Wildman–Crippen MR) is 73.9 cm³/mol. The fraction of sp³-hybridized carbons (Fsp3) is 0.214. The van der Waals surface area contributed by atoms with Crippen molar-refractivity contribution in [2.45, 2.75) is 11.2 Å². The van der Waals surface area contributed by atoms with Crippen LogP contribution in [0.25, 0.3) is 5.69 Å². The molecule has 0 saturated carbocycles. The Balaban J connectivity index is 2.77. The second kappa shape index (κ2) is 5.85. The number of halogens is 3. The van der Waals surface area contributed by atoms with Gasteiger partial charge >= 0.3 is 12.1 Å². The zero-order chi connectivity index (χ0) is 15.6. The maximum atomic E-state index is 13.2. The molecule has 21 heavy (non-hydrogen) atoms. The molecule has 7 heteroatoms. The third-order valence-electron chi connectivity index (χ3n) is 2.86. The second-order valence-corrected chi connectivity index (χ2v) is 4.91. The van der Waals surface area contributed by atoms with Crippen molar-refractivity contribution in [3.05, 3.63) is 47.7 Å². The summed E-state index contributed by atoms with van der Waals surface area (Å²) in [7, 11) is 1.14. The molecule has 0 aliphatic carbocycles. The predicted octanol–water partition coefficient (Wildman–Crippen LogP) is 4.00. The van der Waals surface area contributed by atoms with E-state index >= 15 is 0 Å². The molecule has 0 spiro atoms. The van der Waals surface area contributed by atoms with E-state index in [4.69, 9.17) is 0 Å². The molecule has 112 valence electrons. The quantitative estimate of drug-likeness (QED) is 0.633. The molecule has 0 unspecified atom stereocenters. The van der Waals surface area contributed by atoms with Crippen LogP contribution in [0.1, 0.15) is 16.1 Å². The highest BCUT2D eigenvalue weighted by Crippen LogP contribution is 2.38. The molecule has 1 aromatic heterocycles. The minimum absolute atomic E-state index is 0.0961. The maximum absolute atomic E-state index is 13.2. The van der Waals surface area contributed by atoms with Crippen molar-refractivity contribution < 1.29 is 22.7 Å². The van der Waals surface area contributed by atoms with Crippen LogP contribution in [0.3, 0.4) is 0 Å². The lowest BCUT2D eigenvalue weighted by Gasteiger charge is -2.14. The minimum atomic E-state index is -4.58. The van der Waals surface area contributed by atoms with Crippen LogP contribution in [-0.4, -0.2) is 23.9 Å². The minimum Gasteiger partial charge on any atom is -0.465 e. The van der Waals surface area contributed by atoms with Gasteiger partial charge in [0.25, 0.3) is 0 Å². The van der Waals surface area contributed by atoms with Crippen LogP contribution in [0.4, 0.5) is 13.2 Å². The van der Waals surface area contributed by atoms with Crippen molar-refractivity contribution in [2.75, 3.05) is 13.4 Å². The Morgan fingerprint density at radius 3 is 2.33 bits per heavy atom. The average Bonchev–Trinajstić information content (AvgIpc) is 2.86. The van der Waals surface area contributed by atoms with Gasteiger partial charge in [-0.15, -0.1) is 11.8 Å². The highest BCUT2D eigenvalue weighted by Gasteiger charge is 2.38. The van der Waals surface area contributed by atoms with Gasteiger partial charge in [0, 0.05) is 5.69 Å². The van der Waals surface area contributed by atoms with E-state index in [1.807, 2.05) is 0 Å². The molecule has 1 heterocycles. The van der Waals surface area contributed by atoms with E-state index < -0.39 is 17.8 Å². The zero-order valence-electron chi connectivity index (χ0n) is 11.3. The van der Waals surface area contributed by atoms with Crippen LogP contribution in [0.5, 0.6) is 0 Å². The molecule has 0 radical (unpaired) electrons. The van der Waals surface area contributed by atoms with Crippen molar-refractivity contribution in [1.29, 1.82) is 0 Å². The van der Waals surface area contributed by atoms with Crippen molar-refractivity contribution in [2.24, 2.45) is 0 Å². The van der Waals surface area contributed by atoms with Crippen molar-refractivity contribution >= 4 is 17.7 Å². The van der Waals surface area contributed by atoms with Gasteiger partial charge in [-0.2, -0.15) is 13.2 Å². The summed E-state index contributed by atoms with van der Waals surface area (Å²) in [6.45, 7) is 0. The fourth-order valence-corrected chi connectivity index (χ4v) is 2.74. The molecule has 0 aliphatic rings. The molecule has 0 bridgehead atoms. The molecule has 0 aliphatic heterocycles. The normalized spacial score (nSPS) is 11.5. The van der Waals surface area contributed by atoms with Crippen LogP contribution in [0.2, 0.25) is 0 Å². The number of alkyl halides is 3. The third-order valence-corrected chi connectivity index (χ3v) is 3.65. The number of carbonyl (C=O) groups excluding carboxylic acids is 1. The molecule has 0 saturated heterocycles. The summed E-state index contributed by atoms with van der Waals surface area (Å²) in [6.07, 6.45) is -2.96. The Bertz CT molecular complexity index is 650. The average molecular weight is 315 g/mol. The molecular formula is C14H12F3NO2S. The summed E-state index contributed by atoms with van der Waals surface area (Å²) >= 11 is 1.06. The van der Waals surface area contributed by atoms with Gasteiger partial charge in [0.15, 0.2) is 0 Å². The SMILES string of the molecule is COC(=O)c1cc(C(F)(F)F)n(-c2ccccc2)c1SC. The van der Waals surface area contributed by atoms with E-state index in [0.717, 1.165) is 29.5 Å². The van der Waals surface area contributed by atoms with Crippen LogP contribution < -0.4 is 0 Å². The number of esters is 1. The molecule has 3 nitrogen and oxygen atoms in total. The van der Waals surface area contributed by atoms with E-state index in [0.29, 0.717) is 5.69 Å². The largest absolute Gasteiger partial charge is 0.465 e. The smallest absolute Gasteiger partial charge is 0.431 e. The Morgan fingerprint density at radius 1 is 1.24 bits per heavy atom. The van der Waals surface area contributed by atoms with Gasteiger partial charge in [0.2, 0.25) is 0 Å². The van der Waals surface area contributed by atoms with E-state index in [1.165, 1.54) is 0 Å². The number of rotatable bonds is 3. The van der Waals surface area contributed by atoms with E-state index in [9.17, 15) is 18.0 Å². The first-order chi connectivity index (χ1) is 9.90. The lowest BCUT2D eigenvalue weighted by Crippen LogP contribution is -2.12. The summed E-state index contributed by atoms with van der Waals surface area (Å²) in [5, 5.41) is 0.195. The number of benzene rings is 1. The highest BCUT2D eigenvalue weighted by atomic mass is 32.2. The maximum Gasteiger partial charge on any atom is 0.431 e. The number of hydrogen-bond acceptors (Lipinski definition) is 3. The Morgan fingerprint density at radius 2 is 1.86 bits per heavy atom. The summed E-state index contributed by atoms with van der Waals surface area (Å²) < 4.78 is 45.3. The van der Waals surface area contributed by atoms with Gasteiger partial charge in [-0.1, -0.05) is 18.2 Å². The van der Waals surface area contributed by atoms with Crippen LogP contribution in [0.15, 0.2) is 41.4 Å². The number of hydrogen-bond donors (Lipinski definition) is 0. The lowest BCUT2D eigenvalue weighted by atomic mass is 10.3. The number of ether oxygens (including phenoxy) is 1. The monoisotopic (exact) mass is 315 g/mol. The molecular weight excluding hydrogens is 303 g/mol. The standard InChI is InChI=1S/C14H12F3NO2S/c1-20-13(19)10-8-11(14(15,16)17)18(12(10)21-2)9-6-4-3-5-7-9/h3-8H,1-2H3. The van der Waals surface area contributed by atoms with Crippen LogP contribution in [-0.2, 0) is 10.9 Å². The van der Waals surface area contributed by atoms with Crippen LogP contribution >= 0.6 is 11.8 Å². The van der Waals surface area contributed by atoms with Crippen molar-refractivity contribution in [3.8, 4) is 5.69 Å². The van der Waals surface area contributed by atoms with Gasteiger partial charge < -0.3 is 4.74 Å². The first kappa shape index (κ1) is 15.5. The molecule has 0 fully saturated rings.